The van der Waals surface area contributed by atoms with E-state index in [1.807, 2.05) is 12.1 Å². The molecule has 6 heteroatoms. The number of hydrogen-bond acceptors (Lipinski definition) is 6. The molecule has 5 rings (SSSR count). The maximum absolute atomic E-state index is 4.81. The minimum Gasteiger partial charge on any atom is -0.351 e. The van der Waals surface area contributed by atoms with Crippen molar-refractivity contribution in [1.29, 1.82) is 0 Å². The van der Waals surface area contributed by atoms with Crippen LogP contribution in [0.5, 0.6) is 0 Å². The lowest BCUT2D eigenvalue weighted by Gasteiger charge is -2.39. The van der Waals surface area contributed by atoms with E-state index >= 15 is 0 Å². The molecule has 0 saturated heterocycles. The van der Waals surface area contributed by atoms with Crippen molar-refractivity contribution >= 4 is 28.5 Å². The van der Waals surface area contributed by atoms with E-state index in [2.05, 4.69) is 65.4 Å². The van der Waals surface area contributed by atoms with Gasteiger partial charge in [0.25, 0.3) is 0 Å². The molecule has 2 unspecified atom stereocenters. The number of rotatable bonds is 4. The topological polar surface area (TPSA) is 75.6 Å². The Morgan fingerprint density at radius 2 is 1.97 bits per heavy atom. The second-order valence-electron chi connectivity index (χ2n) is 9.45. The normalized spacial score (nSPS) is 27.3. The molecule has 0 aliphatic heterocycles. The van der Waals surface area contributed by atoms with E-state index in [-0.39, 0.29) is 5.41 Å². The van der Waals surface area contributed by atoms with Crippen LogP contribution in [0.1, 0.15) is 45.6 Å². The van der Waals surface area contributed by atoms with Crippen LogP contribution in [0.4, 0.5) is 17.5 Å². The minimum atomic E-state index is 0.270. The van der Waals surface area contributed by atoms with E-state index in [0.717, 1.165) is 22.6 Å². The largest absolute Gasteiger partial charge is 0.351 e. The lowest BCUT2D eigenvalue weighted by molar-refractivity contribution is 0.142. The second kappa shape index (κ2) is 6.37. The maximum atomic E-state index is 4.81. The van der Waals surface area contributed by atoms with Gasteiger partial charge in [-0.3, -0.25) is 0 Å². The van der Waals surface area contributed by atoms with Crippen molar-refractivity contribution in [3.8, 4) is 0 Å². The molecule has 0 spiro atoms. The van der Waals surface area contributed by atoms with Crippen molar-refractivity contribution < 1.29 is 0 Å². The van der Waals surface area contributed by atoms with Crippen LogP contribution >= 0.6 is 0 Å². The molecular weight excluding hydrogens is 360 g/mol. The number of fused-ring (bicyclic) bond motifs is 3. The van der Waals surface area contributed by atoms with E-state index in [1.54, 1.807) is 12.5 Å². The molecule has 6 nitrogen and oxygen atoms in total. The highest BCUT2D eigenvalue weighted by atomic mass is 15.2. The van der Waals surface area contributed by atoms with Crippen LogP contribution in [0.3, 0.4) is 0 Å². The number of aryl methyl sites for hydroxylation is 1. The van der Waals surface area contributed by atoms with E-state index in [1.165, 1.54) is 24.8 Å². The van der Waals surface area contributed by atoms with Crippen LogP contribution in [-0.2, 0) is 0 Å². The average molecular weight is 389 g/mol. The van der Waals surface area contributed by atoms with Crippen molar-refractivity contribution in [3.05, 3.63) is 42.4 Å². The summed E-state index contributed by atoms with van der Waals surface area (Å²) in [6.45, 7) is 9.34. The molecule has 2 saturated carbocycles. The van der Waals surface area contributed by atoms with Crippen LogP contribution in [0.25, 0.3) is 11.0 Å². The maximum Gasteiger partial charge on any atom is 0.223 e. The molecular formula is C23H28N6. The first-order valence-corrected chi connectivity index (χ1v) is 10.4. The van der Waals surface area contributed by atoms with Crippen LogP contribution < -0.4 is 10.6 Å². The van der Waals surface area contributed by atoms with E-state index in [4.69, 9.17) is 4.98 Å². The SMILES string of the molecule is Cc1cccc(Nc2ncnc3cnc(N[C@@H]4CC5CCC4(C)C5(C)C)nc23)c1. The Kier molecular flexibility index (Phi) is 4.02. The highest BCUT2D eigenvalue weighted by Crippen LogP contribution is 2.65. The fourth-order valence-corrected chi connectivity index (χ4v) is 5.45. The smallest absolute Gasteiger partial charge is 0.223 e. The van der Waals surface area contributed by atoms with Gasteiger partial charge in [0, 0.05) is 11.7 Å². The molecule has 29 heavy (non-hydrogen) atoms. The van der Waals surface area contributed by atoms with Crippen molar-refractivity contribution in [2.24, 2.45) is 16.7 Å². The molecule has 2 bridgehead atoms. The van der Waals surface area contributed by atoms with Gasteiger partial charge in [0.2, 0.25) is 5.95 Å². The Morgan fingerprint density at radius 3 is 2.69 bits per heavy atom. The Hall–Kier alpha value is -2.76. The monoisotopic (exact) mass is 388 g/mol. The van der Waals surface area contributed by atoms with E-state index < -0.39 is 0 Å². The minimum absolute atomic E-state index is 0.270. The Balaban J connectivity index is 1.46. The lowest BCUT2D eigenvalue weighted by atomic mass is 9.69. The Bertz CT molecular complexity index is 1080. The zero-order valence-corrected chi connectivity index (χ0v) is 17.5. The third kappa shape index (κ3) is 2.84. The fourth-order valence-electron chi connectivity index (χ4n) is 5.45. The molecule has 150 valence electrons. The lowest BCUT2D eigenvalue weighted by Crippen LogP contribution is -2.40. The molecule has 0 radical (unpaired) electrons. The van der Waals surface area contributed by atoms with Gasteiger partial charge >= 0.3 is 0 Å². The van der Waals surface area contributed by atoms with Gasteiger partial charge in [-0.1, -0.05) is 32.9 Å². The average Bonchev–Trinajstić information content (AvgIpc) is 3.02. The standard InChI is InChI=1S/C23H28N6/c1-14-6-5-7-16(10-14)27-20-19-17(25-13-26-20)12-24-21(29-19)28-18-11-15-8-9-23(18,4)22(15,2)3/h5-7,10,12-13,15,18H,8-9,11H2,1-4H3,(H,24,28,29)(H,25,26,27)/t15?,18-,23?/m1/s1. The fraction of sp³-hybridized carbons (Fsp3) is 0.478. The number of anilines is 3. The van der Waals surface area contributed by atoms with Crippen molar-refractivity contribution in [3.63, 3.8) is 0 Å². The first kappa shape index (κ1) is 18.3. The molecule has 2 aliphatic carbocycles. The van der Waals surface area contributed by atoms with Crippen molar-refractivity contribution in [2.75, 3.05) is 10.6 Å². The summed E-state index contributed by atoms with van der Waals surface area (Å²) in [6, 6.07) is 8.61. The third-order valence-electron chi connectivity index (χ3n) is 7.76. The molecule has 0 amide bonds. The van der Waals surface area contributed by atoms with Gasteiger partial charge in [0.1, 0.15) is 17.4 Å². The number of aromatic nitrogens is 4. The first-order valence-electron chi connectivity index (χ1n) is 10.4. The highest BCUT2D eigenvalue weighted by Gasteiger charge is 2.61. The Morgan fingerprint density at radius 1 is 1.10 bits per heavy atom. The summed E-state index contributed by atoms with van der Waals surface area (Å²) in [5.74, 6) is 2.13. The molecule has 2 fully saturated rings. The van der Waals surface area contributed by atoms with Crippen molar-refractivity contribution in [2.45, 2.75) is 53.0 Å². The molecule has 2 aromatic heterocycles. The quantitative estimate of drug-likeness (QED) is 0.648. The number of hydrogen-bond donors (Lipinski definition) is 2. The van der Waals surface area contributed by atoms with Gasteiger partial charge in [-0.25, -0.2) is 19.9 Å². The first-order chi connectivity index (χ1) is 13.9. The predicted molar refractivity (Wildman–Crippen MR) is 116 cm³/mol. The molecule has 3 atom stereocenters. The van der Waals surface area contributed by atoms with E-state index in [0.29, 0.717) is 23.2 Å². The molecule has 3 aromatic rings. The molecule has 2 heterocycles. The van der Waals surface area contributed by atoms with Crippen LogP contribution in [0, 0.1) is 23.7 Å². The highest BCUT2D eigenvalue weighted by molar-refractivity contribution is 5.87. The number of nitrogens with zero attached hydrogens (tertiary/aromatic N) is 4. The van der Waals surface area contributed by atoms with Gasteiger partial charge in [-0.2, -0.15) is 0 Å². The van der Waals surface area contributed by atoms with E-state index in [9.17, 15) is 0 Å². The summed E-state index contributed by atoms with van der Waals surface area (Å²) in [4.78, 5) is 18.1. The van der Waals surface area contributed by atoms with Gasteiger partial charge in [0.05, 0.1) is 6.20 Å². The van der Waals surface area contributed by atoms with Crippen LogP contribution in [0.2, 0.25) is 0 Å². The van der Waals surface area contributed by atoms with Gasteiger partial charge in [0.15, 0.2) is 5.82 Å². The van der Waals surface area contributed by atoms with Gasteiger partial charge < -0.3 is 10.6 Å². The summed E-state index contributed by atoms with van der Waals surface area (Å²) >= 11 is 0. The van der Waals surface area contributed by atoms with Crippen LogP contribution in [0.15, 0.2) is 36.8 Å². The summed E-state index contributed by atoms with van der Waals surface area (Å²) in [6.07, 6.45) is 7.12. The van der Waals surface area contributed by atoms with Gasteiger partial charge in [-0.15, -0.1) is 0 Å². The number of nitrogens with one attached hydrogen (secondary N) is 2. The zero-order chi connectivity index (χ0) is 20.2. The molecule has 2 N–H and O–H groups in total. The second-order valence-corrected chi connectivity index (χ2v) is 9.45. The summed E-state index contributed by atoms with van der Waals surface area (Å²) in [5, 5.41) is 7.04. The number of benzene rings is 1. The Labute approximate surface area is 171 Å². The predicted octanol–water partition coefficient (Wildman–Crippen LogP) is 5.10. The molecule has 2 aliphatic rings. The summed E-state index contributed by atoms with van der Waals surface area (Å²) in [7, 11) is 0. The summed E-state index contributed by atoms with van der Waals surface area (Å²) < 4.78 is 0. The van der Waals surface area contributed by atoms with Gasteiger partial charge in [-0.05, 0) is 60.6 Å². The third-order valence-corrected chi connectivity index (χ3v) is 7.76. The zero-order valence-electron chi connectivity index (χ0n) is 17.5. The van der Waals surface area contributed by atoms with Crippen molar-refractivity contribution in [1.82, 2.24) is 19.9 Å². The summed E-state index contributed by atoms with van der Waals surface area (Å²) in [5.41, 5.74) is 4.27. The van der Waals surface area contributed by atoms with Crippen LogP contribution in [-0.4, -0.2) is 26.0 Å². The molecule has 1 aromatic carbocycles.